The smallest absolute Gasteiger partial charge is 0.338 e. The summed E-state index contributed by atoms with van der Waals surface area (Å²) in [5.74, 6) is 0.0358. The Morgan fingerprint density at radius 2 is 1.86 bits per heavy atom. The lowest BCUT2D eigenvalue weighted by atomic mass is 9.96. The van der Waals surface area contributed by atoms with Gasteiger partial charge in [0.25, 0.3) is 11.2 Å². The van der Waals surface area contributed by atoms with E-state index >= 15 is 0 Å². The number of hydrogen-bond acceptors (Lipinski definition) is 10. The highest BCUT2D eigenvalue weighted by Gasteiger charge is 2.34. The first kappa shape index (κ1) is 34.3. The quantitative estimate of drug-likeness (QED) is 0.0914. The first-order valence-electron chi connectivity index (χ1n) is 15.1. The Kier molecular flexibility index (Phi) is 9.89. The fourth-order valence-electron chi connectivity index (χ4n) is 5.41. The molecule has 0 aliphatic carbocycles. The van der Waals surface area contributed by atoms with E-state index in [1.54, 1.807) is 69.3 Å². The number of thiazole rings is 1. The third-order valence-corrected chi connectivity index (χ3v) is 10.1. The van der Waals surface area contributed by atoms with Gasteiger partial charge in [0.05, 0.1) is 32.9 Å². The van der Waals surface area contributed by atoms with E-state index in [9.17, 15) is 19.7 Å². The molecule has 0 saturated carbocycles. The number of allylic oxidation sites excluding steroid dienone is 1. The number of nitro groups is 1. The summed E-state index contributed by atoms with van der Waals surface area (Å²) in [6, 6.07) is 17.8. The van der Waals surface area contributed by atoms with Crippen molar-refractivity contribution in [1.82, 2.24) is 19.3 Å². The number of aromatic nitrogens is 4. The molecule has 1 aliphatic rings. The first-order chi connectivity index (χ1) is 23.4. The fourth-order valence-corrected chi connectivity index (χ4v) is 7.74. The molecule has 6 rings (SSSR count). The molecule has 0 bridgehead atoms. The van der Waals surface area contributed by atoms with E-state index in [2.05, 4.69) is 15.2 Å². The Bertz CT molecular complexity index is 2330. The number of carbonyl (C=O) groups is 1. The number of rotatable bonds is 9. The van der Waals surface area contributed by atoms with Crippen molar-refractivity contribution in [3.8, 4) is 11.4 Å². The lowest BCUT2D eigenvalue weighted by Crippen LogP contribution is -2.40. The van der Waals surface area contributed by atoms with Gasteiger partial charge in [-0.2, -0.15) is 0 Å². The largest absolute Gasteiger partial charge is 0.459 e. The number of ether oxygens (including phenoxy) is 1. The maximum absolute atomic E-state index is 14.2. The van der Waals surface area contributed by atoms with Crippen LogP contribution in [0.4, 0.5) is 5.69 Å². The molecular weight excluding hydrogens is 707 g/mol. The van der Waals surface area contributed by atoms with Gasteiger partial charge in [-0.25, -0.2) is 9.79 Å². The Morgan fingerprint density at radius 3 is 2.53 bits per heavy atom. The van der Waals surface area contributed by atoms with Gasteiger partial charge >= 0.3 is 5.97 Å². The Hall–Kier alpha value is -4.56. The Morgan fingerprint density at radius 1 is 1.10 bits per heavy atom. The number of halogens is 2. The van der Waals surface area contributed by atoms with Crippen molar-refractivity contribution in [1.29, 1.82) is 0 Å². The number of benzene rings is 3. The van der Waals surface area contributed by atoms with Crippen molar-refractivity contribution in [3.63, 3.8) is 0 Å². The van der Waals surface area contributed by atoms with Gasteiger partial charge in [0.1, 0.15) is 0 Å². The fraction of sp³-hybridized carbons (Fsp3) is 0.206. The number of esters is 1. The van der Waals surface area contributed by atoms with Crippen molar-refractivity contribution in [2.24, 2.45) is 4.99 Å². The molecule has 0 fully saturated rings. The molecule has 3 aromatic carbocycles. The van der Waals surface area contributed by atoms with Crippen LogP contribution in [0.25, 0.3) is 17.5 Å². The van der Waals surface area contributed by atoms with Crippen molar-refractivity contribution in [2.75, 3.05) is 0 Å². The van der Waals surface area contributed by atoms with Crippen LogP contribution in [0.5, 0.6) is 0 Å². The van der Waals surface area contributed by atoms with Gasteiger partial charge in [0.15, 0.2) is 15.8 Å². The third kappa shape index (κ3) is 6.97. The van der Waals surface area contributed by atoms with E-state index in [-0.39, 0.29) is 15.8 Å². The molecule has 49 heavy (non-hydrogen) atoms. The van der Waals surface area contributed by atoms with E-state index in [4.69, 9.17) is 27.9 Å². The predicted molar refractivity (Wildman–Crippen MR) is 190 cm³/mol. The highest BCUT2D eigenvalue weighted by Crippen LogP contribution is 2.35. The van der Waals surface area contributed by atoms with Gasteiger partial charge in [-0.3, -0.25) is 19.5 Å². The number of nitro benzene ring substituents is 1. The summed E-state index contributed by atoms with van der Waals surface area (Å²) >= 11 is 14.8. The molecule has 0 radical (unpaired) electrons. The van der Waals surface area contributed by atoms with Crippen molar-refractivity contribution in [3.05, 3.63) is 129 Å². The molecule has 0 saturated heterocycles. The summed E-state index contributed by atoms with van der Waals surface area (Å²) in [7, 11) is 0. The monoisotopic (exact) mass is 734 g/mol. The minimum absolute atomic E-state index is 0.145. The van der Waals surface area contributed by atoms with Gasteiger partial charge < -0.3 is 9.30 Å². The van der Waals surface area contributed by atoms with Gasteiger partial charge in [0.2, 0.25) is 0 Å². The SMILES string of the molecule is CCn1c(Sc2ccc([N+](=O)[O-])cc2/C=c2/sc3n(c2=O)[C@@H](c2ccc(Cl)cc2)C(C(=O)OC(C)C)=C(C)N=3)nnc1-c1cccc(Cl)c1. The van der Waals surface area contributed by atoms with Crippen molar-refractivity contribution >= 4 is 64.0 Å². The van der Waals surface area contributed by atoms with E-state index in [0.717, 1.165) is 16.9 Å². The maximum Gasteiger partial charge on any atom is 0.338 e. The first-order valence-corrected chi connectivity index (χ1v) is 17.5. The molecule has 15 heteroatoms. The molecule has 5 aromatic rings. The summed E-state index contributed by atoms with van der Waals surface area (Å²) in [6.45, 7) is 7.70. The average Bonchev–Trinajstić information content (AvgIpc) is 3.60. The standard InChI is InChI=1S/C34H28Cl2N6O5S2/c1-5-40-30(21-7-6-8-24(36)15-21)38-39-34(40)48-26-14-13-25(42(45)46)16-22(26)17-27-31(43)41-29(20-9-11-23(35)12-10-20)28(32(44)47-18(2)3)19(4)37-33(41)49-27/h6-18,29H,5H2,1-4H3/b27-17+/t29-/m0/s1. The number of hydrogen-bond donors (Lipinski definition) is 0. The molecular formula is C34H28Cl2N6O5S2. The molecule has 0 spiro atoms. The minimum Gasteiger partial charge on any atom is -0.459 e. The van der Waals surface area contributed by atoms with Crippen LogP contribution in [0.2, 0.25) is 10.0 Å². The normalized spacial score (nSPS) is 14.6. The van der Waals surface area contributed by atoms with Crippen molar-refractivity contribution < 1.29 is 14.5 Å². The second-order valence-corrected chi connectivity index (χ2v) is 14.1. The van der Waals surface area contributed by atoms with E-state index in [1.165, 1.54) is 28.5 Å². The van der Waals surface area contributed by atoms with Crippen molar-refractivity contribution in [2.45, 2.75) is 56.4 Å². The maximum atomic E-state index is 14.2. The second-order valence-electron chi connectivity index (χ2n) is 11.2. The van der Waals surface area contributed by atoms with Crippen LogP contribution in [-0.2, 0) is 16.1 Å². The Balaban J connectivity index is 1.49. The molecule has 1 aliphatic heterocycles. The molecule has 0 amide bonds. The lowest BCUT2D eigenvalue weighted by Gasteiger charge is -2.25. The number of fused-ring (bicyclic) bond motifs is 1. The topological polar surface area (TPSA) is 135 Å². The van der Waals surface area contributed by atoms with Crippen LogP contribution >= 0.6 is 46.3 Å². The molecule has 3 heterocycles. The third-order valence-electron chi connectivity index (χ3n) is 7.58. The van der Waals surface area contributed by atoms with E-state index in [0.29, 0.717) is 54.1 Å². The van der Waals surface area contributed by atoms with Crippen LogP contribution in [0.15, 0.2) is 97.8 Å². The Labute approximate surface area is 298 Å². The lowest BCUT2D eigenvalue weighted by molar-refractivity contribution is -0.384. The van der Waals surface area contributed by atoms with Crippen LogP contribution < -0.4 is 14.9 Å². The highest BCUT2D eigenvalue weighted by molar-refractivity contribution is 7.99. The zero-order chi connectivity index (χ0) is 35.0. The number of carbonyl (C=O) groups excluding carboxylic acids is 1. The highest BCUT2D eigenvalue weighted by atomic mass is 35.5. The van der Waals surface area contributed by atoms with Gasteiger partial charge in [-0.05, 0) is 87.0 Å². The van der Waals surface area contributed by atoms with E-state index in [1.807, 2.05) is 23.6 Å². The molecule has 250 valence electrons. The van der Waals surface area contributed by atoms with Crippen LogP contribution in [-0.4, -0.2) is 36.3 Å². The number of non-ortho nitro benzene ring substituents is 1. The summed E-state index contributed by atoms with van der Waals surface area (Å²) in [4.78, 5) is 44.6. The predicted octanol–water partition coefficient (Wildman–Crippen LogP) is 6.83. The minimum atomic E-state index is -0.839. The summed E-state index contributed by atoms with van der Waals surface area (Å²) in [5.41, 5.74) is 1.94. The van der Waals surface area contributed by atoms with Gasteiger partial charge in [-0.1, -0.05) is 58.8 Å². The molecule has 11 nitrogen and oxygen atoms in total. The van der Waals surface area contributed by atoms with Crippen LogP contribution in [0.1, 0.15) is 44.9 Å². The number of nitrogens with zero attached hydrogens (tertiary/aromatic N) is 6. The second kappa shape index (κ2) is 14.1. The summed E-state index contributed by atoms with van der Waals surface area (Å²) in [5, 5.41) is 22.3. The molecule has 1 atom stereocenters. The average molecular weight is 736 g/mol. The molecule has 0 N–H and O–H groups in total. The summed E-state index contributed by atoms with van der Waals surface area (Å²) in [6.07, 6.45) is 1.21. The van der Waals surface area contributed by atoms with E-state index < -0.39 is 28.6 Å². The zero-order valence-corrected chi connectivity index (χ0v) is 29.7. The molecule has 2 aromatic heterocycles. The molecule has 0 unspecified atom stereocenters. The summed E-state index contributed by atoms with van der Waals surface area (Å²) < 4.78 is 9.21. The van der Waals surface area contributed by atoms with Gasteiger partial charge in [0, 0.05) is 39.2 Å². The van der Waals surface area contributed by atoms with Crippen LogP contribution in [0.3, 0.4) is 0 Å². The van der Waals surface area contributed by atoms with Gasteiger partial charge in [-0.15, -0.1) is 10.2 Å². The van der Waals surface area contributed by atoms with Crippen LogP contribution in [0, 0.1) is 10.1 Å². The zero-order valence-electron chi connectivity index (χ0n) is 26.6.